The summed E-state index contributed by atoms with van der Waals surface area (Å²) in [5.41, 5.74) is -2.09. The smallest absolute Gasteiger partial charge is 0.389 e. The number of nitrogens with zero attached hydrogens (tertiary/aromatic N) is 4. The van der Waals surface area contributed by atoms with E-state index in [1.807, 2.05) is 0 Å². The highest BCUT2D eigenvalue weighted by molar-refractivity contribution is 7.89. The summed E-state index contributed by atoms with van der Waals surface area (Å²) in [5.74, 6) is 2.30. The Bertz CT molecular complexity index is 1490. The Morgan fingerprint density at radius 3 is 2.44 bits per heavy atom. The number of aromatic nitrogens is 4. The van der Waals surface area contributed by atoms with Gasteiger partial charge < -0.3 is 15.2 Å². The number of anilines is 2. The number of sulfonamides is 1. The average Bonchev–Trinajstić information content (AvgIpc) is 3.34. The third-order valence-corrected chi connectivity index (χ3v) is 7.91. The molecule has 1 saturated carbocycles. The van der Waals surface area contributed by atoms with E-state index in [0.29, 0.717) is 37.6 Å². The van der Waals surface area contributed by atoms with Gasteiger partial charge in [-0.25, -0.2) is 23.1 Å². The van der Waals surface area contributed by atoms with Gasteiger partial charge in [-0.1, -0.05) is 5.92 Å². The predicted molar refractivity (Wildman–Crippen MR) is 145 cm³/mol. The van der Waals surface area contributed by atoms with Crippen molar-refractivity contribution in [2.75, 3.05) is 11.9 Å². The minimum absolute atomic E-state index is 0.0222. The van der Waals surface area contributed by atoms with E-state index in [1.54, 1.807) is 13.8 Å². The van der Waals surface area contributed by atoms with Crippen LogP contribution in [-0.4, -0.2) is 57.6 Å². The summed E-state index contributed by atoms with van der Waals surface area (Å²) < 4.78 is 76.5. The maximum Gasteiger partial charge on any atom is 0.419 e. The molecule has 14 heteroatoms. The fourth-order valence-corrected chi connectivity index (χ4v) is 5.79. The molecule has 41 heavy (non-hydrogen) atoms. The first-order valence-corrected chi connectivity index (χ1v) is 14.4. The number of nitrogens with one attached hydrogen (secondary N) is 2. The third kappa shape index (κ3) is 8.26. The number of terminal acetylenes is 1. The lowest BCUT2D eigenvalue weighted by Crippen LogP contribution is -2.39. The van der Waals surface area contributed by atoms with E-state index >= 15 is 0 Å². The van der Waals surface area contributed by atoms with Gasteiger partial charge in [-0.3, -0.25) is 4.68 Å². The average molecular weight is 593 g/mol. The molecule has 3 aromatic rings. The Kier molecular flexibility index (Phi) is 9.03. The molecular formula is C27H31F3N6O4S. The van der Waals surface area contributed by atoms with Crippen molar-refractivity contribution in [1.29, 1.82) is 0 Å². The molecule has 0 saturated heterocycles. The van der Waals surface area contributed by atoms with Crippen LogP contribution in [0.2, 0.25) is 0 Å². The fraction of sp³-hybridized carbons (Fsp3) is 0.444. The molecule has 1 fully saturated rings. The zero-order chi connectivity index (χ0) is 29.8. The Morgan fingerprint density at radius 2 is 1.83 bits per heavy atom. The van der Waals surface area contributed by atoms with Crippen molar-refractivity contribution in [3.63, 3.8) is 0 Å². The molecule has 220 valence electrons. The summed E-state index contributed by atoms with van der Waals surface area (Å²) in [6, 6.07) is 5.49. The van der Waals surface area contributed by atoms with Crippen LogP contribution in [0.15, 0.2) is 47.8 Å². The normalized spacial score (nSPS) is 18.2. The monoisotopic (exact) mass is 592 g/mol. The van der Waals surface area contributed by atoms with Crippen LogP contribution in [0.5, 0.6) is 0 Å². The Labute approximate surface area is 236 Å². The van der Waals surface area contributed by atoms with Crippen LogP contribution in [0, 0.1) is 12.3 Å². The van der Waals surface area contributed by atoms with Crippen LogP contribution < -0.4 is 10.0 Å². The zero-order valence-corrected chi connectivity index (χ0v) is 23.3. The minimum atomic E-state index is -4.72. The van der Waals surface area contributed by atoms with Gasteiger partial charge in [-0.05, 0) is 63.8 Å². The molecule has 1 aliphatic rings. The van der Waals surface area contributed by atoms with Crippen LogP contribution in [0.3, 0.4) is 0 Å². The Balaban J connectivity index is 1.47. The Morgan fingerprint density at radius 1 is 1.15 bits per heavy atom. The first kappa shape index (κ1) is 30.4. The molecule has 0 radical (unpaired) electrons. The van der Waals surface area contributed by atoms with Crippen molar-refractivity contribution in [2.24, 2.45) is 0 Å². The highest BCUT2D eigenvalue weighted by Crippen LogP contribution is 2.36. The lowest BCUT2D eigenvalue weighted by molar-refractivity contribution is -0.137. The topological polar surface area (TPSA) is 131 Å². The molecule has 4 rings (SSSR count). The number of ether oxygens (including phenoxy) is 1. The molecule has 3 N–H and O–H groups in total. The summed E-state index contributed by atoms with van der Waals surface area (Å²) in [6.45, 7) is 3.40. The van der Waals surface area contributed by atoms with E-state index in [1.165, 1.54) is 41.3 Å². The van der Waals surface area contributed by atoms with Gasteiger partial charge in [-0.2, -0.15) is 18.3 Å². The lowest BCUT2D eigenvalue weighted by Gasteiger charge is -2.28. The quantitative estimate of drug-likeness (QED) is 0.300. The van der Waals surface area contributed by atoms with E-state index in [9.17, 15) is 26.7 Å². The molecular weight excluding hydrogens is 561 g/mol. The molecule has 10 nitrogen and oxygen atoms in total. The van der Waals surface area contributed by atoms with Crippen molar-refractivity contribution >= 4 is 21.7 Å². The van der Waals surface area contributed by atoms with E-state index in [2.05, 4.69) is 31.0 Å². The molecule has 0 atom stereocenters. The second kappa shape index (κ2) is 12.2. The number of hydrogen-bond acceptors (Lipinski definition) is 8. The number of benzene rings is 1. The molecule has 2 heterocycles. The van der Waals surface area contributed by atoms with Gasteiger partial charge in [0.1, 0.15) is 12.2 Å². The molecule has 1 aliphatic carbocycles. The Hall–Kier alpha value is -3.51. The molecule has 0 amide bonds. The van der Waals surface area contributed by atoms with Crippen LogP contribution in [-0.2, 0) is 27.5 Å². The van der Waals surface area contributed by atoms with Crippen molar-refractivity contribution in [3.05, 3.63) is 48.4 Å². The second-order valence-electron chi connectivity index (χ2n) is 10.5. The number of hydrogen-bond donors (Lipinski definition) is 3. The maximum absolute atomic E-state index is 13.7. The molecule has 1 aromatic carbocycles. The first-order chi connectivity index (χ1) is 19.2. The highest BCUT2D eigenvalue weighted by Gasteiger charge is 2.36. The van der Waals surface area contributed by atoms with Crippen LogP contribution in [0.4, 0.5) is 24.8 Å². The summed E-state index contributed by atoms with van der Waals surface area (Å²) in [6.07, 6.45) is 6.44. The number of rotatable bonds is 10. The van der Waals surface area contributed by atoms with Gasteiger partial charge in [0.15, 0.2) is 0 Å². The largest absolute Gasteiger partial charge is 0.419 e. The maximum atomic E-state index is 13.7. The summed E-state index contributed by atoms with van der Waals surface area (Å²) in [5, 5.41) is 16.9. The van der Waals surface area contributed by atoms with Crippen molar-refractivity contribution in [2.45, 2.75) is 74.9 Å². The molecule has 0 bridgehead atoms. The molecule has 2 aromatic heterocycles. The standard InChI is InChI=1S/C27H31F3N6O4S/c1-4-13-40-21-9-5-20(6-10-21)35-41(38,39)22-11-7-19(8-12-22)33-25-31-15-23(27(28,29)30)24(34-25)18-14-32-36(16-18)17-26(2,3)37/h1,7-8,11-12,14-16,20-21,35,37H,5-6,9-10,13,17H2,2-3H3,(H,31,33,34). The fourth-order valence-electron chi connectivity index (χ4n) is 4.49. The van der Waals surface area contributed by atoms with Crippen molar-refractivity contribution < 1.29 is 31.4 Å². The van der Waals surface area contributed by atoms with Gasteiger partial charge >= 0.3 is 6.18 Å². The van der Waals surface area contributed by atoms with E-state index in [4.69, 9.17) is 11.2 Å². The zero-order valence-electron chi connectivity index (χ0n) is 22.5. The molecule has 0 aliphatic heterocycles. The molecule has 0 unspecified atom stereocenters. The summed E-state index contributed by atoms with van der Waals surface area (Å²) >= 11 is 0. The van der Waals surface area contributed by atoms with Gasteiger partial charge in [0.25, 0.3) is 0 Å². The van der Waals surface area contributed by atoms with Gasteiger partial charge in [0, 0.05) is 29.7 Å². The second-order valence-corrected chi connectivity index (χ2v) is 12.2. The third-order valence-electron chi connectivity index (χ3n) is 6.37. The van der Waals surface area contributed by atoms with E-state index < -0.39 is 27.4 Å². The van der Waals surface area contributed by atoms with Crippen molar-refractivity contribution in [3.8, 4) is 23.6 Å². The van der Waals surface area contributed by atoms with Crippen LogP contribution in [0.25, 0.3) is 11.3 Å². The molecule has 0 spiro atoms. The SMILES string of the molecule is C#CCOC1CCC(NS(=O)(=O)c2ccc(Nc3ncc(C(F)(F)F)c(-c4cnn(CC(C)(C)O)c4)n3)cc2)CC1. The minimum Gasteiger partial charge on any atom is -0.389 e. The predicted octanol–water partition coefficient (Wildman–Crippen LogP) is 4.11. The summed E-state index contributed by atoms with van der Waals surface area (Å²) in [7, 11) is -3.79. The van der Waals surface area contributed by atoms with Crippen LogP contribution in [0.1, 0.15) is 45.1 Å². The number of halogens is 3. The van der Waals surface area contributed by atoms with Gasteiger partial charge in [-0.15, -0.1) is 6.42 Å². The van der Waals surface area contributed by atoms with E-state index in [0.717, 1.165) is 0 Å². The number of aliphatic hydroxyl groups is 1. The van der Waals surface area contributed by atoms with Crippen molar-refractivity contribution in [1.82, 2.24) is 24.5 Å². The lowest BCUT2D eigenvalue weighted by atomic mass is 9.94. The van der Waals surface area contributed by atoms with Gasteiger partial charge in [0.05, 0.1) is 35.0 Å². The van der Waals surface area contributed by atoms with Crippen LogP contribution >= 0.6 is 0 Å². The summed E-state index contributed by atoms with van der Waals surface area (Å²) in [4.78, 5) is 7.93. The van der Waals surface area contributed by atoms with E-state index in [-0.39, 0.29) is 47.4 Å². The first-order valence-electron chi connectivity index (χ1n) is 12.9. The van der Waals surface area contributed by atoms with Gasteiger partial charge in [0.2, 0.25) is 16.0 Å². The number of alkyl halides is 3. The highest BCUT2D eigenvalue weighted by atomic mass is 32.2.